The zero-order valence-corrected chi connectivity index (χ0v) is 17.6. The minimum atomic E-state index is -0.531. The number of nitrogens with zero attached hydrogens (tertiary/aromatic N) is 3. The van der Waals surface area contributed by atoms with Crippen molar-refractivity contribution >= 4 is 17.3 Å². The molecule has 0 spiro atoms. The minimum Gasteiger partial charge on any atom is -0.493 e. The van der Waals surface area contributed by atoms with Crippen molar-refractivity contribution in [3.8, 4) is 11.5 Å². The maximum atomic E-state index is 13.0. The number of carbonyl (C=O) groups excluding carboxylic acids is 1. The highest BCUT2D eigenvalue weighted by Crippen LogP contribution is 2.34. The lowest BCUT2D eigenvalue weighted by Gasteiger charge is -2.20. The Morgan fingerprint density at radius 3 is 2.66 bits per heavy atom. The van der Waals surface area contributed by atoms with E-state index in [1.807, 2.05) is 31.2 Å². The second kappa shape index (κ2) is 8.93. The van der Waals surface area contributed by atoms with Crippen LogP contribution in [0.2, 0.25) is 0 Å². The van der Waals surface area contributed by atoms with Gasteiger partial charge in [-0.15, -0.1) is 0 Å². The molecule has 1 aliphatic rings. The third-order valence-corrected chi connectivity index (χ3v) is 5.13. The summed E-state index contributed by atoms with van der Waals surface area (Å²) in [6.45, 7) is 1.68. The average Bonchev–Trinajstić information content (AvgIpc) is 3.48. The van der Waals surface area contributed by atoms with E-state index in [0.717, 1.165) is 16.8 Å². The number of methoxy groups -OCH3 is 1. The van der Waals surface area contributed by atoms with E-state index in [2.05, 4.69) is 5.10 Å². The number of benzene rings is 2. The summed E-state index contributed by atoms with van der Waals surface area (Å²) >= 11 is 0. The summed E-state index contributed by atoms with van der Waals surface area (Å²) in [6, 6.07) is 15.0. The number of ether oxygens (including phenoxy) is 2. The number of hydrazone groups is 1. The fourth-order valence-corrected chi connectivity index (χ4v) is 3.46. The zero-order chi connectivity index (χ0) is 22.7. The van der Waals surface area contributed by atoms with E-state index in [0.29, 0.717) is 12.2 Å². The lowest BCUT2D eigenvalue weighted by molar-refractivity contribution is -0.384. The summed E-state index contributed by atoms with van der Waals surface area (Å²) in [7, 11) is 1.37. The zero-order valence-electron chi connectivity index (χ0n) is 17.6. The highest BCUT2D eigenvalue weighted by atomic mass is 16.6. The Labute approximate surface area is 184 Å². The van der Waals surface area contributed by atoms with E-state index in [1.54, 1.807) is 18.4 Å². The van der Waals surface area contributed by atoms with Gasteiger partial charge >= 0.3 is 0 Å². The van der Waals surface area contributed by atoms with Crippen molar-refractivity contribution in [3.63, 3.8) is 0 Å². The summed E-state index contributed by atoms with van der Waals surface area (Å²) in [4.78, 5) is 23.5. The van der Waals surface area contributed by atoms with Gasteiger partial charge in [0.2, 0.25) is 0 Å². The van der Waals surface area contributed by atoms with Crippen LogP contribution in [0, 0.1) is 17.0 Å². The Kier molecular flexibility index (Phi) is 5.89. The molecule has 1 amide bonds. The number of hydrogen-bond acceptors (Lipinski definition) is 7. The van der Waals surface area contributed by atoms with Crippen molar-refractivity contribution in [2.75, 3.05) is 13.7 Å². The second-order valence-electron chi connectivity index (χ2n) is 7.27. The van der Waals surface area contributed by atoms with Crippen molar-refractivity contribution in [1.29, 1.82) is 0 Å². The Balaban J connectivity index is 1.55. The van der Waals surface area contributed by atoms with E-state index in [-0.39, 0.29) is 29.7 Å². The smallest absolute Gasteiger partial charge is 0.281 e. The van der Waals surface area contributed by atoms with Crippen LogP contribution in [0.25, 0.3) is 0 Å². The van der Waals surface area contributed by atoms with E-state index < -0.39 is 11.0 Å². The lowest BCUT2D eigenvalue weighted by Crippen LogP contribution is -2.31. The van der Waals surface area contributed by atoms with Crippen LogP contribution in [-0.4, -0.2) is 35.3 Å². The predicted molar refractivity (Wildman–Crippen MR) is 116 cm³/mol. The van der Waals surface area contributed by atoms with Crippen LogP contribution in [0.1, 0.15) is 29.3 Å². The van der Waals surface area contributed by atoms with Gasteiger partial charge in [0.1, 0.15) is 11.8 Å². The number of amides is 1. The molecular formula is C23H21N3O6. The minimum absolute atomic E-state index is 0.134. The van der Waals surface area contributed by atoms with E-state index in [9.17, 15) is 14.9 Å². The number of nitro benzene ring substituents is 1. The molecule has 0 radical (unpaired) electrons. The Morgan fingerprint density at radius 2 is 2.00 bits per heavy atom. The molecule has 0 bridgehead atoms. The number of aryl methyl sites for hydroxylation is 1. The number of non-ortho nitro benzene ring substituents is 1. The van der Waals surface area contributed by atoms with Gasteiger partial charge in [-0.05, 0) is 30.7 Å². The Morgan fingerprint density at radius 1 is 1.22 bits per heavy atom. The third-order valence-electron chi connectivity index (χ3n) is 5.13. The molecule has 4 rings (SSSR count). The molecule has 9 nitrogen and oxygen atoms in total. The third kappa shape index (κ3) is 4.31. The van der Waals surface area contributed by atoms with Gasteiger partial charge in [-0.2, -0.15) is 5.10 Å². The average molecular weight is 435 g/mol. The number of nitro groups is 1. The number of furan rings is 1. The summed E-state index contributed by atoms with van der Waals surface area (Å²) in [5.41, 5.74) is 2.70. The van der Waals surface area contributed by atoms with Crippen LogP contribution in [0.3, 0.4) is 0 Å². The first-order chi connectivity index (χ1) is 15.5. The first-order valence-electron chi connectivity index (χ1n) is 9.91. The van der Waals surface area contributed by atoms with Crippen LogP contribution in [0.4, 0.5) is 5.69 Å². The number of carbonyl (C=O) groups is 1. The molecule has 0 saturated heterocycles. The Bertz CT molecular complexity index is 1150. The van der Waals surface area contributed by atoms with Gasteiger partial charge in [-0.25, -0.2) is 5.01 Å². The number of hydrogen-bond donors (Lipinski definition) is 0. The maximum absolute atomic E-state index is 13.0. The van der Waals surface area contributed by atoms with Crippen LogP contribution < -0.4 is 9.47 Å². The van der Waals surface area contributed by atoms with Crippen LogP contribution in [0.5, 0.6) is 11.5 Å². The topological polar surface area (TPSA) is 107 Å². The van der Waals surface area contributed by atoms with Gasteiger partial charge in [0.25, 0.3) is 11.6 Å². The van der Waals surface area contributed by atoms with Crippen LogP contribution in [0.15, 0.2) is 70.4 Å². The Hall–Kier alpha value is -4.14. The van der Waals surface area contributed by atoms with Crippen LogP contribution >= 0.6 is 0 Å². The maximum Gasteiger partial charge on any atom is 0.281 e. The molecule has 2 heterocycles. The quantitative estimate of drug-likeness (QED) is 0.405. The fourth-order valence-electron chi connectivity index (χ4n) is 3.46. The van der Waals surface area contributed by atoms with Gasteiger partial charge in [-0.1, -0.05) is 29.8 Å². The van der Waals surface area contributed by atoms with Gasteiger partial charge in [0.15, 0.2) is 18.1 Å². The summed E-state index contributed by atoms with van der Waals surface area (Å²) in [5.74, 6) is 0.633. The van der Waals surface area contributed by atoms with Crippen molar-refractivity contribution in [2.45, 2.75) is 19.4 Å². The summed E-state index contributed by atoms with van der Waals surface area (Å²) < 4.78 is 16.3. The molecule has 9 heteroatoms. The van der Waals surface area contributed by atoms with Crippen molar-refractivity contribution < 1.29 is 23.6 Å². The molecule has 0 N–H and O–H groups in total. The van der Waals surface area contributed by atoms with Crippen LogP contribution in [-0.2, 0) is 4.79 Å². The molecule has 0 saturated carbocycles. The van der Waals surface area contributed by atoms with Gasteiger partial charge in [0.05, 0.1) is 30.1 Å². The molecule has 3 aromatic rings. The highest BCUT2D eigenvalue weighted by Gasteiger charge is 2.35. The normalized spacial score (nSPS) is 15.4. The van der Waals surface area contributed by atoms with Crippen molar-refractivity contribution in [1.82, 2.24) is 5.01 Å². The molecule has 2 aromatic carbocycles. The molecule has 164 valence electrons. The molecular weight excluding hydrogens is 414 g/mol. The monoisotopic (exact) mass is 435 g/mol. The van der Waals surface area contributed by atoms with Gasteiger partial charge in [-0.3, -0.25) is 14.9 Å². The standard InChI is InChI=1S/C23H21N3O6/c1-15-5-7-16(8-6-15)18-13-19(20-4-3-11-31-20)25(24-18)23(27)14-32-21-10-9-17(26(28)29)12-22(21)30-2/h3-12,19H,13-14H2,1-2H3. The van der Waals surface area contributed by atoms with E-state index in [1.165, 1.54) is 30.3 Å². The molecule has 0 aliphatic carbocycles. The lowest BCUT2D eigenvalue weighted by atomic mass is 10.0. The molecule has 32 heavy (non-hydrogen) atoms. The van der Waals surface area contributed by atoms with E-state index >= 15 is 0 Å². The molecule has 1 unspecified atom stereocenters. The van der Waals surface area contributed by atoms with Gasteiger partial charge < -0.3 is 13.9 Å². The first kappa shape index (κ1) is 21.1. The fraction of sp³-hybridized carbons (Fsp3) is 0.217. The highest BCUT2D eigenvalue weighted by molar-refractivity contribution is 6.03. The largest absolute Gasteiger partial charge is 0.493 e. The molecule has 1 aliphatic heterocycles. The molecule has 0 fully saturated rings. The molecule has 1 aromatic heterocycles. The predicted octanol–water partition coefficient (Wildman–Crippen LogP) is 4.26. The SMILES string of the molecule is COc1cc([N+](=O)[O-])ccc1OCC(=O)N1N=C(c2ccc(C)cc2)CC1c1ccco1. The van der Waals surface area contributed by atoms with Crippen molar-refractivity contribution in [2.24, 2.45) is 5.10 Å². The number of rotatable bonds is 7. The van der Waals surface area contributed by atoms with Gasteiger partial charge in [0, 0.05) is 12.5 Å². The van der Waals surface area contributed by atoms with E-state index in [4.69, 9.17) is 13.9 Å². The van der Waals surface area contributed by atoms with Crippen molar-refractivity contribution in [3.05, 3.63) is 87.9 Å². The molecule has 1 atom stereocenters. The first-order valence-corrected chi connectivity index (χ1v) is 9.91. The second-order valence-corrected chi connectivity index (χ2v) is 7.27. The summed E-state index contributed by atoms with van der Waals surface area (Å²) in [5, 5.41) is 16.9. The summed E-state index contributed by atoms with van der Waals surface area (Å²) in [6.07, 6.45) is 2.06.